The van der Waals surface area contributed by atoms with Crippen LogP contribution in [0.5, 0.6) is 0 Å². The van der Waals surface area contributed by atoms with Gasteiger partial charge in [-0.15, -0.1) is 0 Å². The third-order valence-corrected chi connectivity index (χ3v) is 4.55. The van der Waals surface area contributed by atoms with Crippen LogP contribution in [-0.2, 0) is 6.18 Å². The topological polar surface area (TPSA) is 126 Å². The maximum absolute atomic E-state index is 13.5. The van der Waals surface area contributed by atoms with Crippen LogP contribution in [0.25, 0.3) is 5.65 Å². The van der Waals surface area contributed by atoms with Crippen LogP contribution in [0.2, 0.25) is 0 Å². The number of nitro groups is 1. The molecule has 12 heteroatoms. The zero-order valence-corrected chi connectivity index (χ0v) is 15.0. The number of non-ortho nitro benzene ring substituents is 1. The highest BCUT2D eigenvalue weighted by atomic mass is 19.4. The first-order valence-electron chi connectivity index (χ1n) is 8.65. The second-order valence-electron chi connectivity index (χ2n) is 6.69. The van der Waals surface area contributed by atoms with E-state index in [1.807, 2.05) is 0 Å². The Balaban J connectivity index is 1.71. The normalized spacial score (nSPS) is 13.8. The van der Waals surface area contributed by atoms with Gasteiger partial charge in [-0.05, 0) is 25.0 Å². The average molecular weight is 416 g/mol. The van der Waals surface area contributed by atoms with Gasteiger partial charge in [0.05, 0.1) is 16.2 Å². The highest BCUT2D eigenvalue weighted by Crippen LogP contribution is 2.41. The molecular weight excluding hydrogens is 405 g/mol. The number of carbonyl (C=O) groups is 1. The summed E-state index contributed by atoms with van der Waals surface area (Å²) in [5, 5.41) is 26.0. The molecule has 3 aromatic rings. The van der Waals surface area contributed by atoms with Crippen molar-refractivity contribution in [2.24, 2.45) is 0 Å². The van der Waals surface area contributed by atoms with Gasteiger partial charge in [-0.25, -0.2) is 9.50 Å². The van der Waals surface area contributed by atoms with Gasteiger partial charge in [-0.1, -0.05) is 0 Å². The number of nitrogens with one attached hydrogen (secondary N) is 1. The number of nitrogens with zero attached hydrogens (tertiary/aromatic N) is 5. The second-order valence-corrected chi connectivity index (χ2v) is 6.69. The molecule has 1 fully saturated rings. The molecule has 0 saturated heterocycles. The third kappa shape index (κ3) is 3.52. The van der Waals surface area contributed by atoms with Crippen molar-refractivity contribution in [2.45, 2.75) is 24.9 Å². The summed E-state index contributed by atoms with van der Waals surface area (Å²) in [7, 11) is 0. The fraction of sp³-hybridized carbons (Fsp3) is 0.222. The molecule has 0 radical (unpaired) electrons. The Labute approximate surface area is 165 Å². The molecule has 2 heterocycles. The minimum absolute atomic E-state index is 0.0344. The molecule has 30 heavy (non-hydrogen) atoms. The molecule has 1 aliphatic carbocycles. The molecule has 1 aromatic carbocycles. The molecule has 1 amide bonds. The molecule has 9 nitrogen and oxygen atoms in total. The number of rotatable bonds is 4. The van der Waals surface area contributed by atoms with Crippen molar-refractivity contribution in [2.75, 3.05) is 5.32 Å². The van der Waals surface area contributed by atoms with Crippen molar-refractivity contribution in [1.82, 2.24) is 14.6 Å². The van der Waals surface area contributed by atoms with Crippen molar-refractivity contribution >= 4 is 22.9 Å². The number of aromatic nitrogens is 3. The summed E-state index contributed by atoms with van der Waals surface area (Å²) in [6.45, 7) is 0. The molecule has 0 bridgehead atoms. The first-order valence-corrected chi connectivity index (χ1v) is 8.65. The van der Waals surface area contributed by atoms with Crippen LogP contribution in [0, 0.1) is 21.4 Å². The summed E-state index contributed by atoms with van der Waals surface area (Å²) in [4.78, 5) is 26.8. The predicted octanol–water partition coefficient (Wildman–Crippen LogP) is 3.66. The van der Waals surface area contributed by atoms with E-state index in [4.69, 9.17) is 5.26 Å². The van der Waals surface area contributed by atoms with Crippen molar-refractivity contribution in [3.05, 3.63) is 63.1 Å². The number of benzene rings is 1. The van der Waals surface area contributed by atoms with E-state index in [1.54, 1.807) is 6.07 Å². The molecule has 1 aliphatic rings. The number of nitriles is 1. The van der Waals surface area contributed by atoms with Crippen LogP contribution >= 0.6 is 0 Å². The molecule has 4 rings (SSSR count). The number of alkyl halides is 3. The van der Waals surface area contributed by atoms with Gasteiger partial charge >= 0.3 is 6.18 Å². The first kappa shape index (κ1) is 19.3. The number of hydrogen-bond acceptors (Lipinski definition) is 6. The van der Waals surface area contributed by atoms with Crippen LogP contribution in [0.15, 0.2) is 30.3 Å². The lowest BCUT2D eigenvalue weighted by molar-refractivity contribution is -0.384. The lowest BCUT2D eigenvalue weighted by atomic mass is 10.1. The lowest BCUT2D eigenvalue weighted by Gasteiger charge is -2.10. The molecule has 0 unspecified atom stereocenters. The van der Waals surface area contributed by atoms with E-state index in [0.29, 0.717) is 10.2 Å². The number of nitro benzene ring substituents is 1. The van der Waals surface area contributed by atoms with Gasteiger partial charge in [0.2, 0.25) is 0 Å². The minimum Gasteiger partial charge on any atom is -0.319 e. The molecule has 0 aliphatic heterocycles. The maximum Gasteiger partial charge on any atom is 0.433 e. The Bertz CT molecular complexity index is 1240. The number of halogens is 3. The Morgan fingerprint density at radius 2 is 2.03 bits per heavy atom. The molecule has 0 spiro atoms. The zero-order valence-electron chi connectivity index (χ0n) is 15.0. The van der Waals surface area contributed by atoms with Gasteiger partial charge in [-0.2, -0.15) is 23.5 Å². The van der Waals surface area contributed by atoms with E-state index in [1.165, 1.54) is 0 Å². The van der Waals surface area contributed by atoms with Crippen molar-refractivity contribution in [3.8, 4) is 6.07 Å². The molecule has 2 aromatic heterocycles. The number of hydrogen-bond donors (Lipinski definition) is 1. The summed E-state index contributed by atoms with van der Waals surface area (Å²) in [5.74, 6) is -0.923. The minimum atomic E-state index is -4.70. The summed E-state index contributed by atoms with van der Waals surface area (Å²) >= 11 is 0. The summed E-state index contributed by atoms with van der Waals surface area (Å²) in [6.07, 6.45) is -3.20. The van der Waals surface area contributed by atoms with Crippen LogP contribution in [0.3, 0.4) is 0 Å². The van der Waals surface area contributed by atoms with Crippen LogP contribution in [-0.4, -0.2) is 25.4 Å². The summed E-state index contributed by atoms with van der Waals surface area (Å²) < 4.78 is 40.9. The maximum atomic E-state index is 13.5. The predicted molar refractivity (Wildman–Crippen MR) is 95.7 cm³/mol. The van der Waals surface area contributed by atoms with E-state index < -0.39 is 22.7 Å². The molecule has 1 N–H and O–H groups in total. The third-order valence-electron chi connectivity index (χ3n) is 4.55. The van der Waals surface area contributed by atoms with Gasteiger partial charge in [0, 0.05) is 29.8 Å². The largest absolute Gasteiger partial charge is 0.433 e. The SMILES string of the molecule is N#Cc1cc([N+](=O)[O-])ccc1NC(=O)c1cc2nc(C3CC3)cc(C(F)(F)F)n2n1. The van der Waals surface area contributed by atoms with Crippen molar-refractivity contribution in [3.63, 3.8) is 0 Å². The van der Waals surface area contributed by atoms with E-state index in [9.17, 15) is 28.1 Å². The van der Waals surface area contributed by atoms with Crippen LogP contribution < -0.4 is 5.32 Å². The van der Waals surface area contributed by atoms with Gasteiger partial charge in [0.25, 0.3) is 11.6 Å². The number of amides is 1. The highest BCUT2D eigenvalue weighted by Gasteiger charge is 2.37. The van der Waals surface area contributed by atoms with E-state index in [2.05, 4.69) is 15.4 Å². The zero-order chi connectivity index (χ0) is 21.6. The fourth-order valence-corrected chi connectivity index (χ4v) is 2.93. The molecule has 152 valence electrons. The van der Waals surface area contributed by atoms with Crippen molar-refractivity contribution in [1.29, 1.82) is 5.26 Å². The smallest absolute Gasteiger partial charge is 0.319 e. The Kier molecular flexibility index (Phi) is 4.38. The number of anilines is 1. The summed E-state index contributed by atoms with van der Waals surface area (Å²) in [5.41, 5.74) is -1.77. The number of fused-ring (bicyclic) bond motifs is 1. The van der Waals surface area contributed by atoms with Gasteiger partial charge < -0.3 is 5.32 Å². The molecular formula is C18H11F3N6O3. The molecule has 1 saturated carbocycles. The Morgan fingerprint density at radius 1 is 1.30 bits per heavy atom. The summed E-state index contributed by atoms with van der Waals surface area (Å²) in [6, 6.07) is 7.00. The monoisotopic (exact) mass is 416 g/mol. The van der Waals surface area contributed by atoms with Gasteiger partial charge in [0.1, 0.15) is 11.8 Å². The fourth-order valence-electron chi connectivity index (χ4n) is 2.93. The van der Waals surface area contributed by atoms with Crippen LogP contribution in [0.4, 0.5) is 24.5 Å². The highest BCUT2D eigenvalue weighted by molar-refractivity contribution is 6.04. The number of carbonyl (C=O) groups excluding carboxylic acids is 1. The molecule has 0 atom stereocenters. The second kappa shape index (κ2) is 6.80. The van der Waals surface area contributed by atoms with Crippen molar-refractivity contribution < 1.29 is 22.9 Å². The standard InChI is InChI=1S/C18H11F3N6O3/c19-18(20,21)15-6-13(9-1-2-9)23-16-7-14(25-26(15)16)17(28)24-12-4-3-11(27(29)30)5-10(12)8-22/h3-7,9H,1-2H2,(H,24,28). The van der Waals surface area contributed by atoms with Gasteiger partial charge in [0.15, 0.2) is 11.3 Å². The average Bonchev–Trinajstić information content (AvgIpc) is 3.45. The lowest BCUT2D eigenvalue weighted by Crippen LogP contribution is -2.16. The Hall–Kier alpha value is -4.01. The van der Waals surface area contributed by atoms with E-state index in [-0.39, 0.29) is 34.2 Å². The van der Waals surface area contributed by atoms with E-state index in [0.717, 1.165) is 43.2 Å². The van der Waals surface area contributed by atoms with Crippen LogP contribution in [0.1, 0.15) is 46.2 Å². The van der Waals surface area contributed by atoms with Gasteiger partial charge in [-0.3, -0.25) is 14.9 Å². The quantitative estimate of drug-likeness (QED) is 0.511. The van der Waals surface area contributed by atoms with E-state index >= 15 is 0 Å². The first-order chi connectivity index (χ1) is 14.2. The Morgan fingerprint density at radius 3 is 2.63 bits per heavy atom.